The molecule has 0 spiro atoms. The summed E-state index contributed by atoms with van der Waals surface area (Å²) in [6, 6.07) is 2.71. The lowest BCUT2D eigenvalue weighted by molar-refractivity contribution is 0.224. The van der Waals surface area contributed by atoms with Crippen LogP contribution in [-0.2, 0) is 6.54 Å². The Morgan fingerprint density at radius 1 is 1.42 bits per heavy atom. The van der Waals surface area contributed by atoms with Crippen molar-refractivity contribution in [2.45, 2.75) is 38.8 Å². The molecule has 2 heterocycles. The van der Waals surface area contributed by atoms with E-state index in [9.17, 15) is 0 Å². The Morgan fingerprint density at radius 3 is 2.89 bits per heavy atom. The molecule has 1 aliphatic rings. The van der Waals surface area contributed by atoms with Gasteiger partial charge in [-0.25, -0.2) is 0 Å². The highest BCUT2D eigenvalue weighted by Crippen LogP contribution is 2.21. The minimum atomic E-state index is 0.642. The van der Waals surface area contributed by atoms with Crippen molar-refractivity contribution in [3.8, 4) is 0 Å². The summed E-state index contributed by atoms with van der Waals surface area (Å²) in [5, 5.41) is 3.61. The maximum absolute atomic E-state index is 4.50. The molecule has 1 N–H and O–H groups in total. The van der Waals surface area contributed by atoms with Crippen molar-refractivity contribution in [3.63, 3.8) is 0 Å². The number of likely N-dealkylation sites (N-methyl/N-ethyl adjacent to an activating group) is 1. The third-order valence-corrected chi connectivity index (χ3v) is 4.72. The lowest BCUT2D eigenvalue weighted by Crippen LogP contribution is -2.43. The molecular weight excluding hydrogens is 370 g/mol. The van der Waals surface area contributed by atoms with Crippen LogP contribution in [0.2, 0.25) is 0 Å². The smallest absolute Gasteiger partial charge is 0.0686 e. The predicted molar refractivity (Wildman–Crippen MR) is 86.2 cm³/mol. The second-order valence-electron chi connectivity index (χ2n) is 5.06. The van der Waals surface area contributed by atoms with Crippen LogP contribution in [0.15, 0.2) is 21.2 Å². The van der Waals surface area contributed by atoms with E-state index in [0.717, 1.165) is 34.3 Å². The van der Waals surface area contributed by atoms with Crippen molar-refractivity contribution in [1.29, 1.82) is 0 Å². The van der Waals surface area contributed by atoms with Crippen LogP contribution in [0.25, 0.3) is 0 Å². The molecular formula is C14H21Br2N3. The number of nitrogens with zero attached hydrogens (tertiary/aromatic N) is 2. The lowest BCUT2D eigenvalue weighted by atomic mass is 10.0. The number of piperidine rings is 1. The molecule has 0 amide bonds. The second kappa shape index (κ2) is 7.72. The molecule has 1 fully saturated rings. The minimum Gasteiger partial charge on any atom is -0.313 e. The van der Waals surface area contributed by atoms with Gasteiger partial charge in [0, 0.05) is 34.3 Å². The van der Waals surface area contributed by atoms with E-state index in [1.54, 1.807) is 0 Å². The maximum Gasteiger partial charge on any atom is 0.0686 e. The standard InChI is InChI=1S/C14H21Br2N3/c1-2-19(9-12-5-3-4-6-17-12)10-14-13(16)7-11(15)8-18-14/h7-8,12,17H,2-6,9-10H2,1H3. The van der Waals surface area contributed by atoms with Gasteiger partial charge in [-0.3, -0.25) is 9.88 Å². The van der Waals surface area contributed by atoms with E-state index >= 15 is 0 Å². The Labute approximate surface area is 132 Å². The van der Waals surface area contributed by atoms with E-state index in [0.29, 0.717) is 6.04 Å². The highest BCUT2D eigenvalue weighted by atomic mass is 79.9. The van der Waals surface area contributed by atoms with Gasteiger partial charge < -0.3 is 5.32 Å². The summed E-state index contributed by atoms with van der Waals surface area (Å²) in [6.07, 6.45) is 5.84. The van der Waals surface area contributed by atoms with E-state index in [4.69, 9.17) is 0 Å². The van der Waals surface area contributed by atoms with E-state index in [-0.39, 0.29) is 0 Å². The minimum absolute atomic E-state index is 0.642. The Hall–Kier alpha value is 0.0300. The van der Waals surface area contributed by atoms with E-state index in [1.165, 1.54) is 25.8 Å². The second-order valence-corrected chi connectivity index (χ2v) is 6.83. The highest BCUT2D eigenvalue weighted by Gasteiger charge is 2.17. The summed E-state index contributed by atoms with van der Waals surface area (Å²) < 4.78 is 2.09. The fraction of sp³-hybridized carbons (Fsp3) is 0.643. The van der Waals surface area contributed by atoms with Crippen LogP contribution in [0.4, 0.5) is 0 Å². The normalized spacial score (nSPS) is 19.9. The monoisotopic (exact) mass is 389 g/mol. The molecule has 106 valence electrons. The largest absolute Gasteiger partial charge is 0.313 e. The summed E-state index contributed by atoms with van der Waals surface area (Å²) in [7, 11) is 0. The zero-order valence-electron chi connectivity index (χ0n) is 11.3. The molecule has 1 atom stereocenters. The molecule has 0 saturated carbocycles. The third kappa shape index (κ3) is 4.81. The first-order valence-corrected chi connectivity index (χ1v) is 8.53. The van der Waals surface area contributed by atoms with Gasteiger partial charge in [0.1, 0.15) is 0 Å². The summed E-state index contributed by atoms with van der Waals surface area (Å²) in [5.74, 6) is 0. The Morgan fingerprint density at radius 2 is 2.26 bits per heavy atom. The van der Waals surface area contributed by atoms with E-state index < -0.39 is 0 Å². The van der Waals surface area contributed by atoms with Gasteiger partial charge in [-0.1, -0.05) is 13.3 Å². The van der Waals surface area contributed by atoms with Gasteiger partial charge in [-0.2, -0.15) is 0 Å². The molecule has 2 rings (SSSR count). The Bertz CT molecular complexity index is 406. The number of halogens is 2. The number of pyridine rings is 1. The molecule has 0 aliphatic carbocycles. The lowest BCUT2D eigenvalue weighted by Gasteiger charge is -2.29. The van der Waals surface area contributed by atoms with Gasteiger partial charge in [0.15, 0.2) is 0 Å². The molecule has 5 heteroatoms. The van der Waals surface area contributed by atoms with Gasteiger partial charge in [0.2, 0.25) is 0 Å². The quantitative estimate of drug-likeness (QED) is 0.832. The van der Waals surface area contributed by atoms with Crippen molar-refractivity contribution in [2.24, 2.45) is 0 Å². The summed E-state index contributed by atoms with van der Waals surface area (Å²) in [5.41, 5.74) is 1.11. The van der Waals surface area contributed by atoms with Gasteiger partial charge in [-0.15, -0.1) is 0 Å². The van der Waals surface area contributed by atoms with Crippen molar-refractivity contribution in [3.05, 3.63) is 26.9 Å². The van der Waals surface area contributed by atoms with Crippen LogP contribution in [0.3, 0.4) is 0 Å². The molecule has 1 aromatic rings. The molecule has 3 nitrogen and oxygen atoms in total. The van der Waals surface area contributed by atoms with Gasteiger partial charge >= 0.3 is 0 Å². The topological polar surface area (TPSA) is 28.2 Å². The molecule has 1 aliphatic heterocycles. The Balaban J connectivity index is 1.94. The first kappa shape index (κ1) is 15.4. The van der Waals surface area contributed by atoms with Crippen LogP contribution >= 0.6 is 31.9 Å². The summed E-state index contributed by atoms with van der Waals surface area (Å²) in [6.45, 7) is 6.46. The van der Waals surface area contributed by atoms with Crippen LogP contribution in [0.5, 0.6) is 0 Å². The molecule has 19 heavy (non-hydrogen) atoms. The SMILES string of the molecule is CCN(Cc1ncc(Br)cc1Br)CC1CCCCN1. The fourth-order valence-electron chi connectivity index (χ4n) is 2.47. The van der Waals surface area contributed by atoms with Gasteiger partial charge in [-0.05, 0) is 63.9 Å². The molecule has 1 saturated heterocycles. The molecule has 0 bridgehead atoms. The fourth-order valence-corrected chi connectivity index (χ4v) is 3.58. The van der Waals surface area contributed by atoms with Crippen LogP contribution in [0.1, 0.15) is 31.9 Å². The van der Waals surface area contributed by atoms with E-state index in [1.807, 2.05) is 6.20 Å². The number of aromatic nitrogens is 1. The molecule has 1 aromatic heterocycles. The van der Waals surface area contributed by atoms with Crippen molar-refractivity contribution in [2.75, 3.05) is 19.6 Å². The average Bonchev–Trinajstić information content (AvgIpc) is 2.42. The first-order valence-electron chi connectivity index (χ1n) is 6.94. The van der Waals surface area contributed by atoms with Gasteiger partial charge in [0.05, 0.1) is 5.69 Å². The number of rotatable bonds is 5. The predicted octanol–water partition coefficient (Wildman–Crippen LogP) is 3.57. The van der Waals surface area contributed by atoms with Gasteiger partial charge in [0.25, 0.3) is 0 Å². The summed E-state index contributed by atoms with van der Waals surface area (Å²) in [4.78, 5) is 6.97. The average molecular weight is 391 g/mol. The maximum atomic E-state index is 4.50. The van der Waals surface area contributed by atoms with Crippen LogP contribution in [0, 0.1) is 0 Å². The third-order valence-electron chi connectivity index (χ3n) is 3.60. The molecule has 0 aromatic carbocycles. The van der Waals surface area contributed by atoms with Crippen molar-refractivity contribution in [1.82, 2.24) is 15.2 Å². The van der Waals surface area contributed by atoms with E-state index in [2.05, 4.69) is 60.1 Å². The zero-order valence-corrected chi connectivity index (χ0v) is 14.5. The molecule has 0 radical (unpaired) electrons. The number of hydrogen-bond donors (Lipinski definition) is 1. The zero-order chi connectivity index (χ0) is 13.7. The first-order chi connectivity index (χ1) is 9.19. The van der Waals surface area contributed by atoms with Crippen molar-refractivity contribution < 1.29 is 0 Å². The molecule has 1 unspecified atom stereocenters. The number of hydrogen-bond acceptors (Lipinski definition) is 3. The summed E-state index contributed by atoms with van der Waals surface area (Å²) >= 11 is 7.04. The van der Waals surface area contributed by atoms with Crippen LogP contribution in [-0.4, -0.2) is 35.6 Å². The highest BCUT2D eigenvalue weighted by molar-refractivity contribution is 9.11. The Kier molecular flexibility index (Phi) is 6.26. The number of nitrogens with one attached hydrogen (secondary N) is 1. The van der Waals surface area contributed by atoms with Crippen LogP contribution < -0.4 is 5.32 Å². The van der Waals surface area contributed by atoms with Crippen molar-refractivity contribution >= 4 is 31.9 Å².